The van der Waals surface area contributed by atoms with E-state index in [1.807, 2.05) is 45.0 Å². The van der Waals surface area contributed by atoms with Crippen molar-refractivity contribution >= 4 is 29.1 Å². The first-order chi connectivity index (χ1) is 14.7. The van der Waals surface area contributed by atoms with Crippen LogP contribution in [0.3, 0.4) is 0 Å². The normalized spacial score (nSPS) is 15.2. The Morgan fingerprint density at radius 2 is 1.77 bits per heavy atom. The van der Waals surface area contributed by atoms with Crippen molar-refractivity contribution in [1.29, 1.82) is 0 Å². The van der Waals surface area contributed by atoms with Crippen molar-refractivity contribution in [2.45, 2.75) is 40.2 Å². The maximum atomic E-state index is 12.6. The number of hydrogen-bond donors (Lipinski definition) is 1. The molecule has 0 bridgehead atoms. The molecular weight excluding hydrogens is 394 g/mol. The molecule has 1 aliphatic rings. The van der Waals surface area contributed by atoms with Gasteiger partial charge in [0.2, 0.25) is 11.8 Å². The van der Waals surface area contributed by atoms with E-state index in [-0.39, 0.29) is 37.2 Å². The summed E-state index contributed by atoms with van der Waals surface area (Å²) in [5.41, 5.74) is 4.54. The van der Waals surface area contributed by atoms with Crippen molar-refractivity contribution in [3.8, 4) is 5.75 Å². The summed E-state index contributed by atoms with van der Waals surface area (Å²) in [6.07, 6.45) is -0.492. The smallest absolute Gasteiger partial charge is 0.267 e. The molecule has 1 unspecified atom stereocenters. The molecule has 0 spiro atoms. The average Bonchev–Trinajstić information content (AvgIpc) is 2.70. The van der Waals surface area contributed by atoms with Crippen molar-refractivity contribution < 1.29 is 19.1 Å². The lowest BCUT2D eigenvalue weighted by Gasteiger charge is -2.33. The highest BCUT2D eigenvalue weighted by atomic mass is 16.5. The minimum Gasteiger partial charge on any atom is -0.479 e. The number of ether oxygens (including phenoxy) is 1. The fourth-order valence-corrected chi connectivity index (χ4v) is 3.85. The molecule has 31 heavy (non-hydrogen) atoms. The summed E-state index contributed by atoms with van der Waals surface area (Å²) in [6, 6.07) is 11.3. The number of aryl methyl sites for hydroxylation is 3. The van der Waals surface area contributed by atoms with Gasteiger partial charge in [-0.05, 0) is 51.0 Å². The number of nitrogens with one attached hydrogen (secondary N) is 1. The number of carbonyl (C=O) groups is 3. The molecule has 7 heteroatoms. The summed E-state index contributed by atoms with van der Waals surface area (Å²) >= 11 is 0. The number of carbonyl (C=O) groups excluding carboxylic acids is 3. The fourth-order valence-electron chi connectivity index (χ4n) is 3.85. The van der Waals surface area contributed by atoms with Crippen LogP contribution in [0.5, 0.6) is 5.75 Å². The van der Waals surface area contributed by atoms with Gasteiger partial charge in [-0.15, -0.1) is 0 Å². The van der Waals surface area contributed by atoms with E-state index >= 15 is 0 Å². The Bertz CT molecular complexity index is 995. The number of likely N-dealkylation sites (N-methyl/N-ethyl adjacent to an activating group) is 1. The van der Waals surface area contributed by atoms with Gasteiger partial charge in [-0.25, -0.2) is 0 Å². The zero-order valence-electron chi connectivity index (χ0n) is 18.7. The molecule has 164 valence electrons. The van der Waals surface area contributed by atoms with Crippen molar-refractivity contribution in [2.75, 3.05) is 30.4 Å². The predicted octanol–water partition coefficient (Wildman–Crippen LogP) is 3.21. The van der Waals surface area contributed by atoms with E-state index in [0.717, 1.165) is 22.4 Å². The molecule has 3 rings (SSSR count). The van der Waals surface area contributed by atoms with E-state index in [1.54, 1.807) is 31.0 Å². The Labute approximate surface area is 183 Å². The van der Waals surface area contributed by atoms with Gasteiger partial charge in [-0.2, -0.15) is 0 Å². The maximum Gasteiger partial charge on any atom is 0.267 e. The van der Waals surface area contributed by atoms with Gasteiger partial charge in [-0.1, -0.05) is 29.8 Å². The highest BCUT2D eigenvalue weighted by Gasteiger charge is 2.31. The van der Waals surface area contributed by atoms with Gasteiger partial charge in [0.15, 0.2) is 6.10 Å². The quantitative estimate of drug-likeness (QED) is 0.774. The third-order valence-electron chi connectivity index (χ3n) is 5.37. The molecule has 0 fully saturated rings. The number of benzene rings is 2. The van der Waals surface area contributed by atoms with Gasteiger partial charge in [0.1, 0.15) is 5.75 Å². The number of hydrogen-bond acceptors (Lipinski definition) is 4. The van der Waals surface area contributed by atoms with Crippen LogP contribution in [0.1, 0.15) is 30.0 Å². The molecule has 2 aromatic carbocycles. The zero-order chi connectivity index (χ0) is 22.7. The lowest BCUT2D eigenvalue weighted by atomic mass is 10.1. The molecule has 0 aromatic heterocycles. The molecule has 2 aromatic rings. The summed E-state index contributed by atoms with van der Waals surface area (Å²) in [6.45, 7) is 7.76. The van der Waals surface area contributed by atoms with Crippen LogP contribution >= 0.6 is 0 Å². The molecule has 3 amide bonds. The Hall–Kier alpha value is -3.35. The third-order valence-corrected chi connectivity index (χ3v) is 5.37. The number of para-hydroxylation sites is 2. The van der Waals surface area contributed by atoms with Gasteiger partial charge in [0.05, 0.1) is 12.2 Å². The first-order valence-corrected chi connectivity index (χ1v) is 10.4. The standard InChI is InChI=1S/C24H29N3O4/c1-15-12-16(2)23(17(3)13-15)25-21(28)14-26(5)22(29)10-11-27-19-8-6-7-9-20(19)31-18(4)24(27)30/h6-9,12-13,18H,10-11,14H2,1-5H3,(H,25,28). The van der Waals surface area contributed by atoms with Gasteiger partial charge < -0.3 is 19.9 Å². The number of anilines is 2. The van der Waals surface area contributed by atoms with Crippen LogP contribution in [-0.4, -0.2) is 48.9 Å². The van der Waals surface area contributed by atoms with Gasteiger partial charge in [0, 0.05) is 25.7 Å². The third kappa shape index (κ3) is 5.05. The molecule has 0 saturated carbocycles. The van der Waals surface area contributed by atoms with Crippen molar-refractivity contribution in [3.05, 3.63) is 53.1 Å². The van der Waals surface area contributed by atoms with E-state index < -0.39 is 6.10 Å². The van der Waals surface area contributed by atoms with Crippen LogP contribution in [0.2, 0.25) is 0 Å². The molecule has 1 aliphatic heterocycles. The number of fused-ring (bicyclic) bond motifs is 1. The summed E-state index contributed by atoms with van der Waals surface area (Å²) in [7, 11) is 1.59. The van der Waals surface area contributed by atoms with E-state index in [1.165, 1.54) is 4.90 Å². The Kier molecular flexibility index (Phi) is 6.63. The van der Waals surface area contributed by atoms with Crippen LogP contribution in [0.4, 0.5) is 11.4 Å². The Balaban J connectivity index is 1.59. The minimum absolute atomic E-state index is 0.0599. The minimum atomic E-state index is -0.602. The van der Waals surface area contributed by atoms with E-state index in [2.05, 4.69) is 5.32 Å². The molecule has 1 N–H and O–H groups in total. The van der Waals surface area contributed by atoms with Crippen LogP contribution in [0, 0.1) is 20.8 Å². The van der Waals surface area contributed by atoms with E-state index in [9.17, 15) is 14.4 Å². The number of rotatable bonds is 6. The maximum absolute atomic E-state index is 12.6. The summed E-state index contributed by atoms with van der Waals surface area (Å²) in [5, 5.41) is 2.91. The molecule has 0 aliphatic carbocycles. The predicted molar refractivity (Wildman–Crippen MR) is 120 cm³/mol. The summed E-state index contributed by atoms with van der Waals surface area (Å²) in [4.78, 5) is 40.6. The number of nitrogens with zero attached hydrogens (tertiary/aromatic N) is 2. The highest BCUT2D eigenvalue weighted by Crippen LogP contribution is 2.33. The van der Waals surface area contributed by atoms with Crippen molar-refractivity contribution in [3.63, 3.8) is 0 Å². The molecule has 1 atom stereocenters. The van der Waals surface area contributed by atoms with Crippen molar-refractivity contribution in [1.82, 2.24) is 4.90 Å². The fraction of sp³-hybridized carbons (Fsp3) is 0.375. The zero-order valence-corrected chi connectivity index (χ0v) is 18.7. The van der Waals surface area contributed by atoms with Crippen LogP contribution in [-0.2, 0) is 14.4 Å². The van der Waals surface area contributed by atoms with Crippen LogP contribution in [0.25, 0.3) is 0 Å². The topological polar surface area (TPSA) is 79.0 Å². The summed E-state index contributed by atoms with van der Waals surface area (Å²) < 4.78 is 5.62. The second-order valence-electron chi connectivity index (χ2n) is 8.04. The Morgan fingerprint density at radius 1 is 1.13 bits per heavy atom. The van der Waals surface area contributed by atoms with Crippen LogP contribution < -0.4 is 15.0 Å². The molecule has 0 saturated heterocycles. The van der Waals surface area contributed by atoms with Gasteiger partial charge in [-0.3, -0.25) is 14.4 Å². The van der Waals surface area contributed by atoms with Crippen molar-refractivity contribution in [2.24, 2.45) is 0 Å². The van der Waals surface area contributed by atoms with Crippen LogP contribution in [0.15, 0.2) is 36.4 Å². The molecule has 0 radical (unpaired) electrons. The second kappa shape index (κ2) is 9.20. The summed E-state index contributed by atoms with van der Waals surface area (Å²) in [5.74, 6) is -0.0277. The highest BCUT2D eigenvalue weighted by molar-refractivity contribution is 6.00. The SMILES string of the molecule is Cc1cc(C)c(NC(=O)CN(C)C(=O)CCN2C(=O)C(C)Oc3ccccc32)c(C)c1. The lowest BCUT2D eigenvalue weighted by Crippen LogP contribution is -2.46. The van der Waals surface area contributed by atoms with E-state index in [0.29, 0.717) is 11.4 Å². The molecular formula is C24H29N3O4. The van der Waals surface area contributed by atoms with Gasteiger partial charge in [0.25, 0.3) is 5.91 Å². The van der Waals surface area contributed by atoms with E-state index in [4.69, 9.17) is 4.74 Å². The average molecular weight is 424 g/mol. The molecule has 1 heterocycles. The van der Waals surface area contributed by atoms with Gasteiger partial charge >= 0.3 is 0 Å². The first kappa shape index (κ1) is 22.3. The first-order valence-electron chi connectivity index (χ1n) is 10.4. The molecule has 7 nitrogen and oxygen atoms in total. The number of amides is 3. The second-order valence-corrected chi connectivity index (χ2v) is 8.04. The Morgan fingerprint density at radius 3 is 2.45 bits per heavy atom. The largest absolute Gasteiger partial charge is 0.479 e. The lowest BCUT2D eigenvalue weighted by molar-refractivity contribution is -0.133. The monoisotopic (exact) mass is 423 g/mol.